The van der Waals surface area contributed by atoms with Crippen molar-refractivity contribution in [2.75, 3.05) is 18.8 Å². The van der Waals surface area contributed by atoms with Crippen molar-refractivity contribution in [1.29, 1.82) is 0 Å². The number of rotatable bonds is 3. The highest BCUT2D eigenvalue weighted by molar-refractivity contribution is 5.82. The molecule has 2 N–H and O–H groups in total. The summed E-state index contributed by atoms with van der Waals surface area (Å²) in [4.78, 5) is 27.2. The molecule has 1 amide bonds. The number of nitrogen functional groups attached to an aromatic ring is 1. The SMILES string of the molecule is Nc1nc(C#CCC2CCN(C(=O)Oc3cccc(C(F)(F)F)c3)CC2)nc2c1ncn2C1CCCC1. The normalized spacial score (nSPS) is 17.1. The molecule has 0 unspecified atom stereocenters. The van der Waals surface area contributed by atoms with Gasteiger partial charge in [-0.15, -0.1) is 0 Å². The number of nitrogens with zero attached hydrogens (tertiary/aromatic N) is 5. The number of hydrogen-bond donors (Lipinski definition) is 1. The Hall–Kier alpha value is -3.81. The summed E-state index contributed by atoms with van der Waals surface area (Å²) >= 11 is 0. The predicted molar refractivity (Wildman–Crippen MR) is 131 cm³/mol. The van der Waals surface area contributed by atoms with Crippen molar-refractivity contribution < 1.29 is 22.7 Å². The van der Waals surface area contributed by atoms with E-state index in [-0.39, 0.29) is 11.7 Å². The molecule has 1 aliphatic heterocycles. The molecule has 2 aliphatic rings. The monoisotopic (exact) mass is 512 g/mol. The average Bonchev–Trinajstić information content (AvgIpc) is 3.54. The molecule has 0 bridgehead atoms. The second-order valence-corrected chi connectivity index (χ2v) is 9.52. The fourth-order valence-corrected chi connectivity index (χ4v) is 4.94. The molecule has 1 saturated heterocycles. The molecular formula is C26H27F3N6O2. The van der Waals surface area contributed by atoms with Crippen molar-refractivity contribution in [1.82, 2.24) is 24.4 Å². The first-order valence-corrected chi connectivity index (χ1v) is 12.4. The molecule has 3 heterocycles. The minimum atomic E-state index is -4.50. The number of ether oxygens (including phenoxy) is 1. The van der Waals surface area contributed by atoms with E-state index in [9.17, 15) is 18.0 Å². The van der Waals surface area contributed by atoms with Gasteiger partial charge < -0.3 is 19.9 Å². The lowest BCUT2D eigenvalue weighted by Gasteiger charge is -2.30. The fraction of sp³-hybridized carbons (Fsp3) is 0.462. The lowest BCUT2D eigenvalue weighted by Crippen LogP contribution is -2.40. The zero-order chi connectivity index (χ0) is 26.0. The van der Waals surface area contributed by atoms with E-state index in [2.05, 4.69) is 31.4 Å². The Morgan fingerprint density at radius 1 is 1.14 bits per heavy atom. The molecule has 37 heavy (non-hydrogen) atoms. The van der Waals surface area contributed by atoms with Crippen LogP contribution in [0, 0.1) is 17.8 Å². The molecule has 1 aromatic carbocycles. The molecule has 0 radical (unpaired) electrons. The van der Waals surface area contributed by atoms with Gasteiger partial charge in [0.05, 0.1) is 11.9 Å². The van der Waals surface area contributed by atoms with Gasteiger partial charge >= 0.3 is 12.3 Å². The summed E-state index contributed by atoms with van der Waals surface area (Å²) in [7, 11) is 0. The van der Waals surface area contributed by atoms with Gasteiger partial charge in [-0.05, 0) is 55.7 Å². The number of anilines is 1. The van der Waals surface area contributed by atoms with Crippen molar-refractivity contribution in [3.05, 3.63) is 42.0 Å². The Bertz CT molecular complexity index is 1350. The van der Waals surface area contributed by atoms with Crippen LogP contribution in [0.4, 0.5) is 23.8 Å². The molecule has 5 rings (SSSR count). The number of amides is 1. The van der Waals surface area contributed by atoms with Gasteiger partial charge in [-0.25, -0.2) is 19.7 Å². The maximum atomic E-state index is 12.9. The van der Waals surface area contributed by atoms with Crippen LogP contribution >= 0.6 is 0 Å². The number of aromatic nitrogens is 4. The molecule has 8 nitrogen and oxygen atoms in total. The number of nitrogens with two attached hydrogens (primary N) is 1. The highest BCUT2D eigenvalue weighted by Gasteiger charge is 2.31. The first-order valence-electron chi connectivity index (χ1n) is 12.4. The number of imidazole rings is 1. The quantitative estimate of drug-likeness (QED) is 0.485. The van der Waals surface area contributed by atoms with Crippen LogP contribution < -0.4 is 10.5 Å². The number of likely N-dealkylation sites (tertiary alicyclic amines) is 1. The summed E-state index contributed by atoms with van der Waals surface area (Å²) in [5.74, 6) is 7.01. The number of halogens is 3. The van der Waals surface area contributed by atoms with Crippen LogP contribution in [-0.2, 0) is 6.18 Å². The van der Waals surface area contributed by atoms with E-state index in [0.717, 1.165) is 30.6 Å². The lowest BCUT2D eigenvalue weighted by atomic mass is 9.94. The van der Waals surface area contributed by atoms with E-state index in [1.807, 2.05) is 0 Å². The molecule has 3 aromatic rings. The van der Waals surface area contributed by atoms with Crippen LogP contribution in [0.25, 0.3) is 11.2 Å². The van der Waals surface area contributed by atoms with Crippen molar-refractivity contribution in [3.8, 4) is 17.6 Å². The third kappa shape index (κ3) is 5.63. The number of carbonyl (C=O) groups is 1. The van der Waals surface area contributed by atoms with Gasteiger partial charge in [0, 0.05) is 25.6 Å². The van der Waals surface area contributed by atoms with Gasteiger partial charge in [0.2, 0.25) is 5.82 Å². The minimum absolute atomic E-state index is 0.127. The molecule has 0 spiro atoms. The van der Waals surface area contributed by atoms with Gasteiger partial charge in [-0.2, -0.15) is 13.2 Å². The summed E-state index contributed by atoms with van der Waals surface area (Å²) in [6.45, 7) is 0.889. The summed E-state index contributed by atoms with van der Waals surface area (Å²) in [6, 6.07) is 4.69. The molecule has 194 valence electrons. The fourth-order valence-electron chi connectivity index (χ4n) is 4.94. The number of benzene rings is 1. The van der Waals surface area contributed by atoms with Gasteiger partial charge in [0.25, 0.3) is 0 Å². The van der Waals surface area contributed by atoms with E-state index in [1.54, 1.807) is 6.33 Å². The van der Waals surface area contributed by atoms with Crippen LogP contribution in [0.5, 0.6) is 5.75 Å². The Morgan fingerprint density at radius 2 is 1.89 bits per heavy atom. The second kappa shape index (κ2) is 10.3. The first kappa shape index (κ1) is 24.9. The van der Waals surface area contributed by atoms with E-state index in [0.29, 0.717) is 55.6 Å². The summed E-state index contributed by atoms with van der Waals surface area (Å²) in [5.41, 5.74) is 6.57. The zero-order valence-electron chi connectivity index (χ0n) is 20.2. The van der Waals surface area contributed by atoms with E-state index in [4.69, 9.17) is 10.5 Å². The molecular weight excluding hydrogens is 485 g/mol. The Morgan fingerprint density at radius 3 is 2.62 bits per heavy atom. The highest BCUT2D eigenvalue weighted by atomic mass is 19.4. The third-order valence-electron chi connectivity index (χ3n) is 7.00. The number of piperidine rings is 1. The topological polar surface area (TPSA) is 99.2 Å². The van der Waals surface area contributed by atoms with Gasteiger partial charge in [-0.3, -0.25) is 0 Å². The van der Waals surface area contributed by atoms with Crippen molar-refractivity contribution >= 4 is 23.1 Å². The third-order valence-corrected chi connectivity index (χ3v) is 7.00. The van der Waals surface area contributed by atoms with Gasteiger partial charge in [0.1, 0.15) is 11.3 Å². The standard InChI is InChI=1S/C26H27F3N6O2/c27-26(28,29)18-6-4-9-20(15-18)37-25(36)34-13-11-17(12-14-34)5-3-10-21-32-23(30)22-24(33-21)35(16-31-22)19-7-1-2-8-19/h4,6,9,15-17,19H,1-2,5,7-8,11-14H2,(H2,30,32,33). The van der Waals surface area contributed by atoms with E-state index >= 15 is 0 Å². The molecule has 2 aromatic heterocycles. The average molecular weight is 513 g/mol. The zero-order valence-corrected chi connectivity index (χ0v) is 20.2. The minimum Gasteiger partial charge on any atom is -0.410 e. The highest BCUT2D eigenvalue weighted by Crippen LogP contribution is 2.33. The molecule has 0 atom stereocenters. The lowest BCUT2D eigenvalue weighted by molar-refractivity contribution is -0.137. The molecule has 1 aliphatic carbocycles. The Labute approximate surface area is 212 Å². The molecule has 2 fully saturated rings. The van der Waals surface area contributed by atoms with Crippen LogP contribution in [0.2, 0.25) is 0 Å². The van der Waals surface area contributed by atoms with E-state index in [1.165, 1.54) is 29.9 Å². The number of carbonyl (C=O) groups excluding carboxylic acids is 1. The van der Waals surface area contributed by atoms with Crippen LogP contribution in [-0.4, -0.2) is 43.6 Å². The summed E-state index contributed by atoms with van der Waals surface area (Å²) in [5, 5.41) is 0. The molecule has 11 heteroatoms. The Kier molecular flexibility index (Phi) is 6.91. The summed E-state index contributed by atoms with van der Waals surface area (Å²) in [6.07, 6.45) is 3.26. The molecule has 1 saturated carbocycles. The van der Waals surface area contributed by atoms with Crippen molar-refractivity contribution in [3.63, 3.8) is 0 Å². The largest absolute Gasteiger partial charge is 0.416 e. The smallest absolute Gasteiger partial charge is 0.410 e. The van der Waals surface area contributed by atoms with Crippen molar-refractivity contribution in [2.45, 2.75) is 57.2 Å². The maximum Gasteiger partial charge on any atom is 0.416 e. The Balaban J connectivity index is 1.16. The predicted octanol–water partition coefficient (Wildman–Crippen LogP) is 5.20. The van der Waals surface area contributed by atoms with Crippen molar-refractivity contribution in [2.24, 2.45) is 5.92 Å². The van der Waals surface area contributed by atoms with E-state index < -0.39 is 17.8 Å². The number of hydrogen-bond acceptors (Lipinski definition) is 6. The van der Waals surface area contributed by atoms with Crippen LogP contribution in [0.3, 0.4) is 0 Å². The number of fused-ring (bicyclic) bond motifs is 1. The van der Waals surface area contributed by atoms with Gasteiger partial charge in [0.15, 0.2) is 11.5 Å². The van der Waals surface area contributed by atoms with Crippen LogP contribution in [0.15, 0.2) is 30.6 Å². The number of alkyl halides is 3. The van der Waals surface area contributed by atoms with Gasteiger partial charge in [-0.1, -0.05) is 24.8 Å². The second-order valence-electron chi connectivity index (χ2n) is 9.52. The maximum absolute atomic E-state index is 12.9. The first-order chi connectivity index (χ1) is 17.8. The summed E-state index contributed by atoms with van der Waals surface area (Å²) < 4.78 is 45.9. The van der Waals surface area contributed by atoms with Crippen LogP contribution in [0.1, 0.15) is 62.4 Å².